The van der Waals surface area contributed by atoms with Crippen LogP contribution in [0.1, 0.15) is 45.4 Å². The van der Waals surface area contributed by atoms with Crippen molar-refractivity contribution in [1.29, 1.82) is 0 Å². The molecule has 0 aromatic heterocycles. The fraction of sp³-hybridized carbons (Fsp3) is 0.933. The quantitative estimate of drug-likeness (QED) is 0.828. The lowest BCUT2D eigenvalue weighted by Gasteiger charge is -2.45. The maximum absolute atomic E-state index is 11.5. The highest BCUT2D eigenvalue weighted by Gasteiger charge is 2.42. The summed E-state index contributed by atoms with van der Waals surface area (Å²) < 4.78 is 0. The summed E-state index contributed by atoms with van der Waals surface area (Å²) in [6.07, 6.45) is 7.06. The fourth-order valence-corrected chi connectivity index (χ4v) is 4.30. The van der Waals surface area contributed by atoms with E-state index in [0.29, 0.717) is 6.04 Å². The molecule has 3 heterocycles. The van der Waals surface area contributed by atoms with Gasteiger partial charge in [-0.05, 0) is 65.1 Å². The number of carbonyl (C=O) groups is 1. The molecule has 0 aromatic rings. The number of hydrogen-bond acceptors (Lipinski definition) is 3. The molecule has 0 bridgehead atoms. The van der Waals surface area contributed by atoms with Crippen LogP contribution in [0.25, 0.3) is 0 Å². The lowest BCUT2D eigenvalue weighted by molar-refractivity contribution is -0.152. The van der Waals surface area contributed by atoms with Gasteiger partial charge in [-0.1, -0.05) is 0 Å². The number of fused-ring (bicyclic) bond motifs is 1. The predicted molar refractivity (Wildman–Crippen MR) is 74.2 cm³/mol. The van der Waals surface area contributed by atoms with Gasteiger partial charge in [0.15, 0.2) is 0 Å². The monoisotopic (exact) mass is 266 g/mol. The molecule has 19 heavy (non-hydrogen) atoms. The molecule has 0 aliphatic carbocycles. The van der Waals surface area contributed by atoms with Crippen molar-refractivity contribution < 1.29 is 9.90 Å². The van der Waals surface area contributed by atoms with Crippen molar-refractivity contribution in [2.75, 3.05) is 26.2 Å². The number of aliphatic carboxylic acids is 1. The summed E-state index contributed by atoms with van der Waals surface area (Å²) >= 11 is 0. The first-order chi connectivity index (χ1) is 9.08. The van der Waals surface area contributed by atoms with Crippen LogP contribution in [0.3, 0.4) is 0 Å². The Kier molecular flexibility index (Phi) is 3.56. The average Bonchev–Trinajstić information content (AvgIpc) is 2.85. The molecule has 0 spiro atoms. The van der Waals surface area contributed by atoms with Crippen molar-refractivity contribution in [3.05, 3.63) is 0 Å². The minimum atomic E-state index is -0.615. The van der Waals surface area contributed by atoms with Gasteiger partial charge in [0.2, 0.25) is 0 Å². The van der Waals surface area contributed by atoms with Crippen LogP contribution in [0.5, 0.6) is 0 Å². The lowest BCUT2D eigenvalue weighted by atomic mass is 9.80. The van der Waals surface area contributed by atoms with Gasteiger partial charge in [0, 0.05) is 18.6 Å². The molecule has 1 N–H and O–H groups in total. The molecule has 4 heteroatoms. The van der Waals surface area contributed by atoms with Gasteiger partial charge in [0.05, 0.1) is 5.41 Å². The Balaban J connectivity index is 1.64. The Hall–Kier alpha value is -0.610. The van der Waals surface area contributed by atoms with Crippen molar-refractivity contribution in [3.63, 3.8) is 0 Å². The molecule has 3 aliphatic rings. The van der Waals surface area contributed by atoms with E-state index in [1.807, 2.05) is 6.92 Å². The van der Waals surface area contributed by atoms with E-state index in [1.54, 1.807) is 0 Å². The fourth-order valence-electron chi connectivity index (χ4n) is 4.30. The van der Waals surface area contributed by atoms with Crippen molar-refractivity contribution in [1.82, 2.24) is 9.80 Å². The van der Waals surface area contributed by atoms with Gasteiger partial charge in [-0.3, -0.25) is 9.69 Å². The molecule has 0 saturated carbocycles. The second-order valence-electron chi connectivity index (χ2n) is 6.95. The summed E-state index contributed by atoms with van der Waals surface area (Å²) in [5.74, 6) is -0.615. The summed E-state index contributed by atoms with van der Waals surface area (Å²) in [6.45, 7) is 6.27. The highest BCUT2D eigenvalue weighted by Crippen LogP contribution is 2.35. The molecular weight excluding hydrogens is 240 g/mol. The van der Waals surface area contributed by atoms with Gasteiger partial charge >= 0.3 is 5.97 Å². The van der Waals surface area contributed by atoms with Crippen LogP contribution in [-0.4, -0.2) is 59.1 Å². The van der Waals surface area contributed by atoms with E-state index in [4.69, 9.17) is 0 Å². The molecule has 3 unspecified atom stereocenters. The molecule has 4 nitrogen and oxygen atoms in total. The molecule has 3 fully saturated rings. The third kappa shape index (κ3) is 2.52. The Morgan fingerprint density at radius 2 is 1.84 bits per heavy atom. The number of carboxylic acids is 1. The van der Waals surface area contributed by atoms with Crippen molar-refractivity contribution in [2.45, 2.75) is 57.5 Å². The van der Waals surface area contributed by atoms with Crippen molar-refractivity contribution in [3.8, 4) is 0 Å². The molecule has 3 atom stereocenters. The maximum Gasteiger partial charge on any atom is 0.310 e. The third-order valence-electron chi connectivity index (χ3n) is 5.55. The number of rotatable bonds is 2. The Bertz CT molecular complexity index is 360. The summed E-state index contributed by atoms with van der Waals surface area (Å²) in [4.78, 5) is 16.6. The van der Waals surface area contributed by atoms with Crippen LogP contribution >= 0.6 is 0 Å². The van der Waals surface area contributed by atoms with E-state index in [1.165, 1.54) is 38.8 Å². The highest BCUT2D eigenvalue weighted by molar-refractivity contribution is 5.74. The van der Waals surface area contributed by atoms with Crippen LogP contribution in [-0.2, 0) is 4.79 Å². The molecule has 3 saturated heterocycles. The van der Waals surface area contributed by atoms with Crippen LogP contribution in [0, 0.1) is 5.41 Å². The maximum atomic E-state index is 11.5. The third-order valence-corrected chi connectivity index (χ3v) is 5.55. The first kappa shape index (κ1) is 13.4. The summed E-state index contributed by atoms with van der Waals surface area (Å²) in [5, 5.41) is 9.43. The van der Waals surface area contributed by atoms with Crippen LogP contribution in [0.2, 0.25) is 0 Å². The second kappa shape index (κ2) is 5.06. The van der Waals surface area contributed by atoms with Gasteiger partial charge < -0.3 is 10.0 Å². The van der Waals surface area contributed by atoms with Gasteiger partial charge in [0.1, 0.15) is 0 Å². The molecule has 0 amide bonds. The highest BCUT2D eigenvalue weighted by atomic mass is 16.4. The average molecular weight is 266 g/mol. The van der Waals surface area contributed by atoms with Crippen LogP contribution in [0.4, 0.5) is 0 Å². The number of carboxylic acid groups (broad SMARTS) is 1. The number of likely N-dealkylation sites (tertiary alicyclic amines) is 1. The molecule has 0 aromatic carbocycles. The molecule has 108 valence electrons. The van der Waals surface area contributed by atoms with E-state index in [9.17, 15) is 9.90 Å². The van der Waals surface area contributed by atoms with Crippen LogP contribution in [0.15, 0.2) is 0 Å². The van der Waals surface area contributed by atoms with Gasteiger partial charge in [0.25, 0.3) is 0 Å². The standard InChI is InChI=1S/C15H26N2O2/c1-15(14(18)19)6-3-8-17(11-15)13-5-9-16-7-2-4-12(16)10-13/h12-13H,2-11H2,1H3,(H,18,19). The first-order valence-electron chi connectivity index (χ1n) is 7.80. The summed E-state index contributed by atoms with van der Waals surface area (Å²) in [5.41, 5.74) is -0.523. The smallest absolute Gasteiger partial charge is 0.310 e. The molecule has 0 radical (unpaired) electrons. The molecule has 3 rings (SSSR count). The van der Waals surface area contributed by atoms with Crippen LogP contribution < -0.4 is 0 Å². The Morgan fingerprint density at radius 3 is 2.63 bits per heavy atom. The van der Waals surface area contributed by atoms with E-state index in [-0.39, 0.29) is 0 Å². The van der Waals surface area contributed by atoms with Gasteiger partial charge in [-0.15, -0.1) is 0 Å². The zero-order chi connectivity index (χ0) is 13.5. The minimum Gasteiger partial charge on any atom is -0.481 e. The summed E-state index contributed by atoms with van der Waals surface area (Å²) in [6, 6.07) is 1.40. The van der Waals surface area contributed by atoms with Gasteiger partial charge in [-0.25, -0.2) is 0 Å². The first-order valence-corrected chi connectivity index (χ1v) is 7.80. The normalized spacial score (nSPS) is 41.1. The number of piperidine rings is 2. The second-order valence-corrected chi connectivity index (χ2v) is 6.95. The van der Waals surface area contributed by atoms with E-state index < -0.39 is 11.4 Å². The minimum absolute atomic E-state index is 0.523. The zero-order valence-corrected chi connectivity index (χ0v) is 12.0. The topological polar surface area (TPSA) is 43.8 Å². The largest absolute Gasteiger partial charge is 0.481 e. The predicted octanol–water partition coefficient (Wildman–Crippen LogP) is 1.80. The van der Waals surface area contributed by atoms with Crippen molar-refractivity contribution >= 4 is 5.97 Å². The van der Waals surface area contributed by atoms with Crippen molar-refractivity contribution in [2.24, 2.45) is 5.41 Å². The van der Waals surface area contributed by atoms with Gasteiger partial charge in [-0.2, -0.15) is 0 Å². The summed E-state index contributed by atoms with van der Waals surface area (Å²) in [7, 11) is 0. The van der Waals surface area contributed by atoms with E-state index >= 15 is 0 Å². The van der Waals surface area contributed by atoms with E-state index in [0.717, 1.165) is 32.0 Å². The number of hydrogen-bond donors (Lipinski definition) is 1. The SMILES string of the molecule is CC1(C(=O)O)CCCN(C2CCN3CCCC3C2)C1. The Labute approximate surface area is 115 Å². The molecule has 3 aliphatic heterocycles. The van der Waals surface area contributed by atoms with E-state index in [2.05, 4.69) is 9.80 Å². The lowest BCUT2D eigenvalue weighted by Crippen LogP contribution is -2.54. The molecular formula is C15H26N2O2. The zero-order valence-electron chi connectivity index (χ0n) is 12.0. The Morgan fingerprint density at radius 1 is 1.11 bits per heavy atom. The number of nitrogens with zero attached hydrogens (tertiary/aromatic N) is 2.